The van der Waals surface area contributed by atoms with E-state index in [-0.39, 0.29) is 29.2 Å². The summed E-state index contributed by atoms with van der Waals surface area (Å²) >= 11 is 0. The van der Waals surface area contributed by atoms with Gasteiger partial charge >= 0.3 is 6.61 Å². The molecule has 0 aliphatic heterocycles. The molecule has 2 atom stereocenters. The summed E-state index contributed by atoms with van der Waals surface area (Å²) in [5, 5.41) is 12.6. The minimum Gasteiger partial charge on any atom is -0.435 e. The Balaban J connectivity index is 1.90. The Morgan fingerprint density at radius 2 is 2.14 bits per heavy atom. The number of benzene rings is 1. The van der Waals surface area contributed by atoms with Crippen LogP contribution in [0.5, 0.6) is 5.75 Å². The van der Waals surface area contributed by atoms with Gasteiger partial charge in [0.25, 0.3) is 5.91 Å². The van der Waals surface area contributed by atoms with Crippen LogP contribution in [0, 0.1) is 5.92 Å². The van der Waals surface area contributed by atoms with Gasteiger partial charge in [0.1, 0.15) is 5.75 Å². The molecule has 1 fully saturated rings. The van der Waals surface area contributed by atoms with Crippen LogP contribution in [0.25, 0.3) is 0 Å². The van der Waals surface area contributed by atoms with Crippen molar-refractivity contribution in [3.05, 3.63) is 29.8 Å². The summed E-state index contributed by atoms with van der Waals surface area (Å²) in [4.78, 5) is 12.0. The van der Waals surface area contributed by atoms with Gasteiger partial charge in [-0.05, 0) is 31.0 Å². The maximum atomic E-state index is 12.1. The van der Waals surface area contributed by atoms with Crippen LogP contribution in [-0.4, -0.2) is 30.3 Å². The van der Waals surface area contributed by atoms with Gasteiger partial charge in [0, 0.05) is 18.0 Å². The second-order valence-electron chi connectivity index (χ2n) is 5.23. The number of carbonyl (C=O) groups is 1. The predicted octanol–water partition coefficient (Wildman–Crippen LogP) is 2.57. The van der Waals surface area contributed by atoms with Crippen LogP contribution in [0.3, 0.4) is 0 Å². The molecule has 1 aromatic carbocycles. The van der Waals surface area contributed by atoms with Gasteiger partial charge in [0.15, 0.2) is 0 Å². The largest absolute Gasteiger partial charge is 0.435 e. The first-order chi connectivity index (χ1) is 10.1. The van der Waals surface area contributed by atoms with Crippen LogP contribution in [0.15, 0.2) is 24.3 Å². The lowest BCUT2D eigenvalue weighted by atomic mass is 9.86. The van der Waals surface area contributed by atoms with Gasteiger partial charge in [-0.15, -0.1) is 0 Å². The highest BCUT2D eigenvalue weighted by Gasteiger charge is 2.23. The van der Waals surface area contributed by atoms with Crippen LogP contribution in [0.2, 0.25) is 0 Å². The van der Waals surface area contributed by atoms with Crippen molar-refractivity contribution in [3.8, 4) is 5.75 Å². The number of ether oxygens (including phenoxy) is 1. The van der Waals surface area contributed by atoms with Gasteiger partial charge in [-0.2, -0.15) is 8.78 Å². The predicted molar refractivity (Wildman–Crippen MR) is 73.4 cm³/mol. The topological polar surface area (TPSA) is 58.6 Å². The first kappa shape index (κ1) is 15.7. The molecule has 21 heavy (non-hydrogen) atoms. The third-order valence-electron chi connectivity index (χ3n) is 3.72. The van der Waals surface area contributed by atoms with Crippen molar-refractivity contribution < 1.29 is 23.4 Å². The van der Waals surface area contributed by atoms with Crippen LogP contribution >= 0.6 is 0 Å². The van der Waals surface area contributed by atoms with E-state index < -0.39 is 6.61 Å². The van der Waals surface area contributed by atoms with E-state index in [2.05, 4.69) is 10.1 Å². The Hall–Kier alpha value is -1.69. The summed E-state index contributed by atoms with van der Waals surface area (Å²) in [5.74, 6) is -0.342. The minimum absolute atomic E-state index is 0.0460. The molecule has 0 heterocycles. The molecule has 2 rings (SSSR count). The van der Waals surface area contributed by atoms with Crippen LogP contribution in [0.1, 0.15) is 36.0 Å². The van der Waals surface area contributed by atoms with E-state index in [1.807, 2.05) is 0 Å². The fourth-order valence-electron chi connectivity index (χ4n) is 2.57. The normalized spacial score (nSPS) is 22.1. The zero-order chi connectivity index (χ0) is 15.2. The summed E-state index contributed by atoms with van der Waals surface area (Å²) in [6, 6.07) is 5.67. The van der Waals surface area contributed by atoms with Gasteiger partial charge in [0.2, 0.25) is 0 Å². The number of alkyl halides is 2. The van der Waals surface area contributed by atoms with Crippen LogP contribution < -0.4 is 10.1 Å². The molecule has 1 amide bonds. The number of hydrogen-bond donors (Lipinski definition) is 2. The van der Waals surface area contributed by atoms with E-state index in [1.165, 1.54) is 24.3 Å². The van der Waals surface area contributed by atoms with Gasteiger partial charge in [-0.1, -0.05) is 18.9 Å². The molecule has 1 aliphatic rings. The van der Waals surface area contributed by atoms with Crippen molar-refractivity contribution in [2.75, 3.05) is 6.54 Å². The average molecular weight is 299 g/mol. The van der Waals surface area contributed by atoms with Crippen molar-refractivity contribution in [2.45, 2.75) is 38.4 Å². The lowest BCUT2D eigenvalue weighted by Crippen LogP contribution is -2.36. The van der Waals surface area contributed by atoms with E-state index >= 15 is 0 Å². The van der Waals surface area contributed by atoms with Crippen molar-refractivity contribution in [2.24, 2.45) is 5.92 Å². The van der Waals surface area contributed by atoms with E-state index in [9.17, 15) is 18.7 Å². The molecule has 116 valence electrons. The number of carbonyl (C=O) groups excluding carboxylic acids is 1. The molecule has 0 radical (unpaired) electrons. The Morgan fingerprint density at radius 1 is 1.38 bits per heavy atom. The fraction of sp³-hybridized carbons (Fsp3) is 0.533. The monoisotopic (exact) mass is 299 g/mol. The molecule has 1 aliphatic carbocycles. The smallest absolute Gasteiger partial charge is 0.387 e. The lowest BCUT2D eigenvalue weighted by Gasteiger charge is -2.27. The Labute approximate surface area is 122 Å². The highest BCUT2D eigenvalue weighted by Crippen LogP contribution is 2.23. The molecule has 0 bridgehead atoms. The van der Waals surface area contributed by atoms with Crippen LogP contribution in [0.4, 0.5) is 8.78 Å². The molecule has 0 spiro atoms. The fourth-order valence-corrected chi connectivity index (χ4v) is 2.57. The summed E-state index contributed by atoms with van der Waals surface area (Å²) in [7, 11) is 0. The zero-order valence-corrected chi connectivity index (χ0v) is 11.6. The third kappa shape index (κ3) is 4.67. The highest BCUT2D eigenvalue weighted by atomic mass is 19.3. The molecule has 0 aromatic heterocycles. The van der Waals surface area contributed by atoms with E-state index in [4.69, 9.17) is 0 Å². The lowest BCUT2D eigenvalue weighted by molar-refractivity contribution is -0.0498. The second-order valence-corrected chi connectivity index (χ2v) is 5.23. The molecule has 0 saturated heterocycles. The van der Waals surface area contributed by atoms with Gasteiger partial charge in [0.05, 0.1) is 6.10 Å². The summed E-state index contributed by atoms with van der Waals surface area (Å²) in [5.41, 5.74) is 0.262. The molecule has 4 nitrogen and oxygen atoms in total. The quantitative estimate of drug-likeness (QED) is 0.878. The number of rotatable bonds is 5. The number of aliphatic hydroxyl groups is 1. The standard InChI is InChI=1S/C15H19F2NO3/c16-15(17)21-12-6-3-5-10(8-12)14(20)18-9-11-4-1-2-7-13(11)19/h3,5-6,8,11,13,15,19H,1-2,4,7,9H2,(H,18,20). The van der Waals surface area contributed by atoms with E-state index in [0.717, 1.165) is 25.7 Å². The average Bonchev–Trinajstić information content (AvgIpc) is 2.45. The first-order valence-corrected chi connectivity index (χ1v) is 7.07. The number of nitrogens with one attached hydrogen (secondary N) is 1. The Kier molecular flexibility index (Phi) is 5.50. The maximum absolute atomic E-state index is 12.1. The number of hydrogen-bond acceptors (Lipinski definition) is 3. The molecule has 1 saturated carbocycles. The summed E-state index contributed by atoms with van der Waals surface area (Å²) in [6.45, 7) is -2.53. The third-order valence-corrected chi connectivity index (χ3v) is 3.72. The SMILES string of the molecule is O=C(NCC1CCCCC1O)c1cccc(OC(F)F)c1. The zero-order valence-electron chi connectivity index (χ0n) is 11.6. The molecule has 6 heteroatoms. The summed E-state index contributed by atoms with van der Waals surface area (Å²) < 4.78 is 28.5. The molecular formula is C15H19F2NO3. The van der Waals surface area contributed by atoms with Gasteiger partial charge in [-0.3, -0.25) is 4.79 Å². The summed E-state index contributed by atoms with van der Waals surface area (Å²) in [6.07, 6.45) is 3.33. The highest BCUT2D eigenvalue weighted by molar-refractivity contribution is 5.94. The first-order valence-electron chi connectivity index (χ1n) is 7.07. The van der Waals surface area contributed by atoms with E-state index in [1.54, 1.807) is 0 Å². The van der Waals surface area contributed by atoms with Gasteiger partial charge < -0.3 is 15.2 Å². The molecule has 2 N–H and O–H groups in total. The molecule has 2 unspecified atom stereocenters. The van der Waals surface area contributed by atoms with Crippen LogP contribution in [-0.2, 0) is 0 Å². The number of aliphatic hydroxyl groups excluding tert-OH is 1. The second kappa shape index (κ2) is 7.36. The van der Waals surface area contributed by atoms with Crippen molar-refractivity contribution in [1.29, 1.82) is 0 Å². The number of amides is 1. The van der Waals surface area contributed by atoms with Crippen molar-refractivity contribution >= 4 is 5.91 Å². The molecule has 1 aromatic rings. The van der Waals surface area contributed by atoms with Crippen molar-refractivity contribution in [3.63, 3.8) is 0 Å². The van der Waals surface area contributed by atoms with Crippen molar-refractivity contribution in [1.82, 2.24) is 5.32 Å². The molecular weight excluding hydrogens is 280 g/mol. The maximum Gasteiger partial charge on any atom is 0.387 e. The minimum atomic E-state index is -2.92. The Morgan fingerprint density at radius 3 is 2.86 bits per heavy atom. The van der Waals surface area contributed by atoms with Gasteiger partial charge in [-0.25, -0.2) is 0 Å². The number of halogens is 2. The van der Waals surface area contributed by atoms with E-state index in [0.29, 0.717) is 6.54 Å². The Bertz CT molecular complexity index is 482.